The highest BCUT2D eigenvalue weighted by molar-refractivity contribution is 7.92. The molecule has 0 radical (unpaired) electrons. The van der Waals surface area contributed by atoms with E-state index in [1.54, 1.807) is 24.3 Å². The number of benzene rings is 2. The van der Waals surface area contributed by atoms with E-state index >= 15 is 0 Å². The van der Waals surface area contributed by atoms with E-state index in [0.717, 1.165) is 18.7 Å². The van der Waals surface area contributed by atoms with Crippen molar-refractivity contribution in [3.05, 3.63) is 59.7 Å². The Bertz CT molecular complexity index is 979. The van der Waals surface area contributed by atoms with E-state index in [2.05, 4.69) is 28.8 Å². The molecule has 1 fully saturated rings. The summed E-state index contributed by atoms with van der Waals surface area (Å²) < 4.78 is 27.9. The van der Waals surface area contributed by atoms with Crippen molar-refractivity contribution in [3.8, 4) is 0 Å². The summed E-state index contributed by atoms with van der Waals surface area (Å²) in [7, 11) is -3.72. The molecule has 1 aliphatic rings. The van der Waals surface area contributed by atoms with Crippen LogP contribution in [0.25, 0.3) is 0 Å². The lowest BCUT2D eigenvalue weighted by atomic mass is 9.98. The van der Waals surface area contributed by atoms with Crippen molar-refractivity contribution in [1.82, 2.24) is 10.2 Å². The standard InChI is InChI=1S/C23H31N3O3S/c1-18-9-5-6-10-21(18)25-30(28,29)20-13-11-19(12-14-20)22(27)24-17-23(2,3)26-15-7-4-8-16-26/h5-6,9-14,25H,4,7-8,15-17H2,1-3H3,(H,24,27). The van der Waals surface area contributed by atoms with Gasteiger partial charge in [0.2, 0.25) is 0 Å². The smallest absolute Gasteiger partial charge is 0.261 e. The Balaban J connectivity index is 1.63. The van der Waals surface area contributed by atoms with E-state index in [-0.39, 0.29) is 16.3 Å². The second-order valence-corrected chi connectivity index (χ2v) is 10.2. The number of nitrogens with one attached hydrogen (secondary N) is 2. The highest BCUT2D eigenvalue weighted by Crippen LogP contribution is 2.21. The summed E-state index contributed by atoms with van der Waals surface area (Å²) in [6, 6.07) is 13.2. The van der Waals surface area contributed by atoms with Crippen LogP contribution in [0.15, 0.2) is 53.4 Å². The van der Waals surface area contributed by atoms with Crippen LogP contribution in [-0.4, -0.2) is 44.4 Å². The molecule has 0 atom stereocenters. The van der Waals surface area contributed by atoms with Crippen LogP contribution in [0.5, 0.6) is 0 Å². The molecule has 1 amide bonds. The van der Waals surface area contributed by atoms with Gasteiger partial charge < -0.3 is 5.32 Å². The van der Waals surface area contributed by atoms with Crippen LogP contribution >= 0.6 is 0 Å². The number of aryl methyl sites for hydroxylation is 1. The van der Waals surface area contributed by atoms with Crippen molar-refractivity contribution in [2.75, 3.05) is 24.4 Å². The Morgan fingerprint density at radius 3 is 2.27 bits per heavy atom. The molecule has 30 heavy (non-hydrogen) atoms. The predicted molar refractivity (Wildman–Crippen MR) is 120 cm³/mol. The second kappa shape index (κ2) is 9.18. The van der Waals surface area contributed by atoms with Crippen LogP contribution in [0, 0.1) is 6.92 Å². The Hall–Kier alpha value is -2.38. The highest BCUT2D eigenvalue weighted by Gasteiger charge is 2.28. The summed E-state index contributed by atoms with van der Waals surface area (Å²) in [6.45, 7) is 8.79. The van der Waals surface area contributed by atoms with Crippen LogP contribution in [-0.2, 0) is 10.0 Å². The fourth-order valence-corrected chi connectivity index (χ4v) is 4.82. The maximum absolute atomic E-state index is 12.7. The van der Waals surface area contributed by atoms with Crippen LogP contribution in [0.3, 0.4) is 0 Å². The lowest BCUT2D eigenvalue weighted by Gasteiger charge is -2.41. The van der Waals surface area contributed by atoms with Crippen molar-refractivity contribution >= 4 is 21.6 Å². The lowest BCUT2D eigenvalue weighted by molar-refractivity contribution is 0.0797. The second-order valence-electron chi connectivity index (χ2n) is 8.49. The summed E-state index contributed by atoms with van der Waals surface area (Å²) in [5, 5.41) is 3.00. The largest absolute Gasteiger partial charge is 0.350 e. The molecule has 0 aromatic heterocycles. The summed E-state index contributed by atoms with van der Waals surface area (Å²) >= 11 is 0. The minimum absolute atomic E-state index is 0.114. The number of likely N-dealkylation sites (tertiary alicyclic amines) is 1. The number of carbonyl (C=O) groups excluding carboxylic acids is 1. The maximum Gasteiger partial charge on any atom is 0.261 e. The fourth-order valence-electron chi connectivity index (χ4n) is 3.69. The fraction of sp³-hybridized carbons (Fsp3) is 0.435. The summed E-state index contributed by atoms with van der Waals surface area (Å²) in [4.78, 5) is 15.1. The molecule has 0 unspecified atom stereocenters. The van der Waals surface area contributed by atoms with Gasteiger partial charge in [0.1, 0.15) is 0 Å². The van der Waals surface area contributed by atoms with Crippen molar-refractivity contribution in [2.45, 2.75) is 50.5 Å². The third-order valence-electron chi connectivity index (χ3n) is 5.71. The van der Waals surface area contributed by atoms with Gasteiger partial charge in [-0.1, -0.05) is 24.6 Å². The van der Waals surface area contributed by atoms with Crippen LogP contribution in [0.1, 0.15) is 49.0 Å². The zero-order chi connectivity index (χ0) is 21.8. The van der Waals surface area contributed by atoms with E-state index in [4.69, 9.17) is 0 Å². The van der Waals surface area contributed by atoms with Gasteiger partial charge in [0.05, 0.1) is 10.6 Å². The Morgan fingerprint density at radius 2 is 1.63 bits per heavy atom. The van der Waals surface area contributed by atoms with Crippen LogP contribution in [0.4, 0.5) is 5.69 Å². The Kier molecular flexibility index (Phi) is 6.83. The summed E-state index contributed by atoms with van der Waals surface area (Å²) in [5.74, 6) is -0.198. The zero-order valence-electron chi connectivity index (χ0n) is 17.9. The molecule has 2 aromatic rings. The molecule has 0 bridgehead atoms. The molecular formula is C23H31N3O3S. The summed E-state index contributed by atoms with van der Waals surface area (Å²) in [6.07, 6.45) is 3.67. The first-order valence-corrected chi connectivity index (χ1v) is 11.9. The number of sulfonamides is 1. The molecule has 6 nitrogen and oxygen atoms in total. The lowest BCUT2D eigenvalue weighted by Crippen LogP contribution is -2.53. The van der Waals surface area contributed by atoms with Crippen molar-refractivity contribution in [2.24, 2.45) is 0 Å². The minimum Gasteiger partial charge on any atom is -0.350 e. The first-order valence-electron chi connectivity index (χ1n) is 10.4. The van der Waals surface area contributed by atoms with E-state index in [1.165, 1.54) is 31.4 Å². The highest BCUT2D eigenvalue weighted by atomic mass is 32.2. The number of para-hydroxylation sites is 1. The molecule has 0 spiro atoms. The molecule has 162 valence electrons. The van der Waals surface area contributed by atoms with E-state index in [9.17, 15) is 13.2 Å². The van der Waals surface area contributed by atoms with E-state index < -0.39 is 10.0 Å². The molecule has 0 aliphatic carbocycles. The maximum atomic E-state index is 12.7. The SMILES string of the molecule is Cc1ccccc1NS(=O)(=O)c1ccc(C(=O)NCC(C)(C)N2CCCCC2)cc1. The molecule has 1 saturated heterocycles. The Labute approximate surface area is 179 Å². The van der Waals surface area contributed by atoms with Crippen molar-refractivity contribution in [3.63, 3.8) is 0 Å². The quantitative estimate of drug-likeness (QED) is 0.702. The van der Waals surface area contributed by atoms with Crippen LogP contribution < -0.4 is 10.0 Å². The van der Waals surface area contributed by atoms with Gasteiger partial charge in [0.15, 0.2) is 0 Å². The number of hydrogen-bond acceptors (Lipinski definition) is 4. The van der Waals surface area contributed by atoms with Gasteiger partial charge in [0, 0.05) is 17.6 Å². The minimum atomic E-state index is -3.72. The molecule has 3 rings (SSSR count). The van der Waals surface area contributed by atoms with E-state index in [1.807, 2.05) is 19.1 Å². The van der Waals surface area contributed by atoms with Crippen molar-refractivity contribution in [1.29, 1.82) is 0 Å². The molecular weight excluding hydrogens is 398 g/mol. The monoisotopic (exact) mass is 429 g/mol. The topological polar surface area (TPSA) is 78.5 Å². The normalized spacial score (nSPS) is 15.6. The number of rotatable bonds is 7. The number of nitrogens with zero attached hydrogens (tertiary/aromatic N) is 1. The van der Waals surface area contributed by atoms with Gasteiger partial charge in [-0.25, -0.2) is 8.42 Å². The number of carbonyl (C=O) groups is 1. The van der Waals surface area contributed by atoms with Crippen LogP contribution in [0.2, 0.25) is 0 Å². The van der Waals surface area contributed by atoms with Gasteiger partial charge in [-0.05, 0) is 82.6 Å². The molecule has 1 aliphatic heterocycles. The van der Waals surface area contributed by atoms with Gasteiger partial charge in [-0.3, -0.25) is 14.4 Å². The van der Waals surface area contributed by atoms with Gasteiger partial charge in [-0.2, -0.15) is 0 Å². The predicted octanol–water partition coefficient (Wildman–Crippen LogP) is 3.79. The van der Waals surface area contributed by atoms with Gasteiger partial charge in [0.25, 0.3) is 15.9 Å². The average Bonchev–Trinajstić information content (AvgIpc) is 2.74. The number of anilines is 1. The van der Waals surface area contributed by atoms with Gasteiger partial charge >= 0.3 is 0 Å². The zero-order valence-corrected chi connectivity index (χ0v) is 18.8. The summed E-state index contributed by atoms with van der Waals surface area (Å²) in [5.41, 5.74) is 1.71. The first kappa shape index (κ1) is 22.3. The third kappa shape index (κ3) is 5.40. The van der Waals surface area contributed by atoms with Gasteiger partial charge in [-0.15, -0.1) is 0 Å². The molecule has 2 aromatic carbocycles. The first-order chi connectivity index (χ1) is 14.2. The molecule has 7 heteroatoms. The average molecular weight is 430 g/mol. The molecule has 1 heterocycles. The van der Waals surface area contributed by atoms with E-state index in [0.29, 0.717) is 17.8 Å². The Morgan fingerprint density at radius 1 is 1.00 bits per heavy atom. The molecule has 0 saturated carbocycles. The molecule has 2 N–H and O–H groups in total. The number of piperidine rings is 1. The van der Waals surface area contributed by atoms with Crippen molar-refractivity contribution < 1.29 is 13.2 Å². The third-order valence-corrected chi connectivity index (χ3v) is 7.09. The number of hydrogen-bond donors (Lipinski definition) is 2. The number of amides is 1.